The molecular formula is C17H11BrINO. The van der Waals surface area contributed by atoms with Crippen LogP contribution in [-0.2, 0) is 0 Å². The molecular weight excluding hydrogens is 441 g/mol. The molecule has 1 aromatic heterocycles. The van der Waals surface area contributed by atoms with Crippen LogP contribution in [0, 0.1) is 3.77 Å². The van der Waals surface area contributed by atoms with Gasteiger partial charge in [0.15, 0.2) is 3.77 Å². The number of hydrogen-bond donors (Lipinski definition) is 0. The van der Waals surface area contributed by atoms with Crippen molar-refractivity contribution >= 4 is 50.4 Å². The summed E-state index contributed by atoms with van der Waals surface area (Å²) < 4.78 is 7.29. The van der Waals surface area contributed by atoms with E-state index in [0.717, 1.165) is 19.7 Å². The Morgan fingerprint density at radius 2 is 1.62 bits per heavy atom. The van der Waals surface area contributed by atoms with Crippen molar-refractivity contribution in [2.45, 2.75) is 0 Å². The molecule has 0 atom stereocenters. The van der Waals surface area contributed by atoms with E-state index in [1.165, 1.54) is 11.1 Å². The molecule has 2 aromatic carbocycles. The maximum absolute atomic E-state index is 5.52. The zero-order chi connectivity index (χ0) is 14.7. The van der Waals surface area contributed by atoms with E-state index in [0.29, 0.717) is 0 Å². The Balaban J connectivity index is 1.78. The van der Waals surface area contributed by atoms with E-state index in [9.17, 15) is 0 Å². The molecule has 21 heavy (non-hydrogen) atoms. The van der Waals surface area contributed by atoms with Crippen molar-refractivity contribution in [1.29, 1.82) is 0 Å². The third-order valence-corrected chi connectivity index (χ3v) is 5.11. The SMILES string of the molecule is Brc1cc(C=Nc2ccc(-c3ccccc3)cc2)oc1I. The van der Waals surface area contributed by atoms with Gasteiger partial charge in [0, 0.05) is 28.7 Å². The van der Waals surface area contributed by atoms with Crippen LogP contribution in [0.5, 0.6) is 0 Å². The van der Waals surface area contributed by atoms with Crippen molar-refractivity contribution in [2.24, 2.45) is 4.99 Å². The monoisotopic (exact) mass is 451 g/mol. The van der Waals surface area contributed by atoms with Gasteiger partial charge in [-0.3, -0.25) is 4.99 Å². The lowest BCUT2D eigenvalue weighted by Gasteiger charge is -2.01. The minimum atomic E-state index is 0.735. The largest absolute Gasteiger partial charge is 0.448 e. The summed E-state index contributed by atoms with van der Waals surface area (Å²) in [4.78, 5) is 4.42. The summed E-state index contributed by atoms with van der Waals surface area (Å²) in [5, 5.41) is 0. The summed E-state index contributed by atoms with van der Waals surface area (Å²) in [5.74, 6) is 0.735. The number of nitrogens with zero attached hydrogens (tertiary/aromatic N) is 1. The minimum absolute atomic E-state index is 0.735. The Morgan fingerprint density at radius 3 is 2.24 bits per heavy atom. The highest BCUT2D eigenvalue weighted by atomic mass is 127. The van der Waals surface area contributed by atoms with Gasteiger partial charge in [-0.05, 0) is 39.2 Å². The first-order valence-electron chi connectivity index (χ1n) is 6.37. The molecule has 4 heteroatoms. The third-order valence-electron chi connectivity index (χ3n) is 2.98. The van der Waals surface area contributed by atoms with Crippen LogP contribution in [0.15, 0.2) is 74.5 Å². The molecule has 0 amide bonds. The molecule has 0 aliphatic carbocycles. The predicted molar refractivity (Wildman–Crippen MR) is 98.3 cm³/mol. The second kappa shape index (κ2) is 6.58. The zero-order valence-corrected chi connectivity index (χ0v) is 14.7. The van der Waals surface area contributed by atoms with Gasteiger partial charge in [0.1, 0.15) is 5.76 Å². The van der Waals surface area contributed by atoms with Crippen LogP contribution >= 0.6 is 38.5 Å². The van der Waals surface area contributed by atoms with Gasteiger partial charge in [-0.1, -0.05) is 42.5 Å². The van der Waals surface area contributed by atoms with E-state index < -0.39 is 0 Å². The van der Waals surface area contributed by atoms with Crippen molar-refractivity contribution < 1.29 is 4.42 Å². The lowest BCUT2D eigenvalue weighted by Crippen LogP contribution is -1.77. The molecule has 0 fully saturated rings. The predicted octanol–water partition coefficient (Wildman–Crippen LogP) is 6.06. The number of benzene rings is 2. The molecule has 3 rings (SSSR count). The highest BCUT2D eigenvalue weighted by molar-refractivity contribution is 14.1. The fourth-order valence-electron chi connectivity index (χ4n) is 1.94. The smallest absolute Gasteiger partial charge is 0.178 e. The average Bonchev–Trinajstić information content (AvgIpc) is 2.85. The Hall–Kier alpha value is -1.40. The van der Waals surface area contributed by atoms with Crippen LogP contribution in [0.25, 0.3) is 11.1 Å². The first-order valence-corrected chi connectivity index (χ1v) is 8.24. The molecule has 0 unspecified atom stereocenters. The Bertz CT molecular complexity index is 744. The maximum atomic E-state index is 5.52. The molecule has 0 saturated heterocycles. The van der Waals surface area contributed by atoms with Crippen LogP contribution in [0.3, 0.4) is 0 Å². The van der Waals surface area contributed by atoms with Crippen molar-refractivity contribution in [3.05, 3.63) is 74.7 Å². The first kappa shape index (κ1) is 14.5. The number of aliphatic imine (C=N–C) groups is 1. The van der Waals surface area contributed by atoms with Crippen LogP contribution in [0.4, 0.5) is 5.69 Å². The molecule has 0 saturated carbocycles. The molecule has 104 valence electrons. The van der Waals surface area contributed by atoms with E-state index in [-0.39, 0.29) is 0 Å². The summed E-state index contributed by atoms with van der Waals surface area (Å²) in [5.41, 5.74) is 3.29. The van der Waals surface area contributed by atoms with E-state index in [1.807, 2.05) is 36.4 Å². The van der Waals surface area contributed by atoms with E-state index in [2.05, 4.69) is 67.8 Å². The lowest BCUT2D eigenvalue weighted by molar-refractivity contribution is 0.530. The van der Waals surface area contributed by atoms with Gasteiger partial charge in [0.25, 0.3) is 0 Å². The fourth-order valence-corrected chi connectivity index (χ4v) is 2.65. The van der Waals surface area contributed by atoms with Gasteiger partial charge in [-0.25, -0.2) is 0 Å². The minimum Gasteiger partial charge on any atom is -0.448 e. The molecule has 0 spiro atoms. The Kier molecular flexibility index (Phi) is 4.55. The summed E-state index contributed by atoms with van der Waals surface area (Å²) >= 11 is 5.55. The topological polar surface area (TPSA) is 25.5 Å². The van der Waals surface area contributed by atoms with Crippen LogP contribution < -0.4 is 0 Å². The van der Waals surface area contributed by atoms with Gasteiger partial charge >= 0.3 is 0 Å². The number of halogens is 2. The van der Waals surface area contributed by atoms with E-state index in [1.54, 1.807) is 6.21 Å². The van der Waals surface area contributed by atoms with Gasteiger partial charge in [0.05, 0.1) is 16.4 Å². The highest BCUT2D eigenvalue weighted by Crippen LogP contribution is 2.24. The fraction of sp³-hybridized carbons (Fsp3) is 0. The van der Waals surface area contributed by atoms with Crippen LogP contribution in [0.1, 0.15) is 5.76 Å². The van der Waals surface area contributed by atoms with Gasteiger partial charge in [0.2, 0.25) is 0 Å². The van der Waals surface area contributed by atoms with Crippen molar-refractivity contribution in [3.63, 3.8) is 0 Å². The third kappa shape index (κ3) is 3.63. The molecule has 0 aliphatic heterocycles. The molecule has 0 N–H and O–H groups in total. The number of hydrogen-bond acceptors (Lipinski definition) is 2. The van der Waals surface area contributed by atoms with E-state index >= 15 is 0 Å². The Labute approximate surface area is 145 Å². The summed E-state index contributed by atoms with van der Waals surface area (Å²) in [6, 6.07) is 20.3. The van der Waals surface area contributed by atoms with E-state index in [4.69, 9.17) is 4.42 Å². The molecule has 0 radical (unpaired) electrons. The van der Waals surface area contributed by atoms with Crippen LogP contribution in [-0.4, -0.2) is 6.21 Å². The van der Waals surface area contributed by atoms with Crippen molar-refractivity contribution in [3.8, 4) is 11.1 Å². The normalized spacial score (nSPS) is 11.1. The summed E-state index contributed by atoms with van der Waals surface area (Å²) in [6.45, 7) is 0. The van der Waals surface area contributed by atoms with Gasteiger partial charge < -0.3 is 4.42 Å². The second-order valence-corrected chi connectivity index (χ2v) is 6.28. The quantitative estimate of drug-likeness (QED) is 0.350. The number of furan rings is 1. The molecule has 1 heterocycles. The number of rotatable bonds is 3. The van der Waals surface area contributed by atoms with Gasteiger partial charge in [-0.2, -0.15) is 0 Å². The van der Waals surface area contributed by atoms with Crippen molar-refractivity contribution in [1.82, 2.24) is 0 Å². The maximum Gasteiger partial charge on any atom is 0.178 e. The molecule has 2 nitrogen and oxygen atoms in total. The van der Waals surface area contributed by atoms with Gasteiger partial charge in [-0.15, -0.1) is 0 Å². The molecule has 0 aliphatic rings. The summed E-state index contributed by atoms with van der Waals surface area (Å²) in [7, 11) is 0. The van der Waals surface area contributed by atoms with Crippen molar-refractivity contribution in [2.75, 3.05) is 0 Å². The van der Waals surface area contributed by atoms with Crippen LogP contribution in [0.2, 0.25) is 0 Å². The first-order chi connectivity index (χ1) is 10.2. The molecule has 0 bridgehead atoms. The zero-order valence-electron chi connectivity index (χ0n) is 11.0. The second-order valence-electron chi connectivity index (χ2n) is 4.44. The molecule has 3 aromatic rings. The average molecular weight is 452 g/mol. The lowest BCUT2D eigenvalue weighted by atomic mass is 10.1. The summed E-state index contributed by atoms with van der Waals surface area (Å²) in [6.07, 6.45) is 1.73. The Morgan fingerprint density at radius 1 is 0.952 bits per heavy atom. The standard InChI is InChI=1S/C17H11BrINO/c18-16-10-15(21-17(16)19)11-20-14-8-6-13(7-9-14)12-4-2-1-3-5-12/h1-11H. The highest BCUT2D eigenvalue weighted by Gasteiger charge is 2.03.